The first-order chi connectivity index (χ1) is 6.09. The van der Waals surface area contributed by atoms with E-state index in [9.17, 15) is 8.42 Å². The minimum atomic E-state index is -3.18. The van der Waals surface area contributed by atoms with Crippen molar-refractivity contribution in [3.8, 4) is 0 Å². The molecule has 2 rings (SSSR count). The van der Waals surface area contributed by atoms with Crippen LogP contribution in [0.2, 0.25) is 0 Å². The topological polar surface area (TPSA) is 76.9 Å². The summed E-state index contributed by atoms with van der Waals surface area (Å²) >= 11 is 0. The first-order valence-electron chi connectivity index (χ1n) is 3.96. The summed E-state index contributed by atoms with van der Waals surface area (Å²) < 4.78 is 26.7. The van der Waals surface area contributed by atoms with E-state index >= 15 is 0 Å². The predicted molar refractivity (Wildman–Crippen MR) is 46.6 cm³/mol. The van der Waals surface area contributed by atoms with E-state index in [-0.39, 0.29) is 5.25 Å². The first kappa shape index (κ1) is 8.49. The quantitative estimate of drug-likeness (QED) is 0.731. The molecular formula is C6H10N4O2S. The minimum absolute atomic E-state index is 0.220. The summed E-state index contributed by atoms with van der Waals surface area (Å²) in [6.07, 6.45) is 2.89. The van der Waals surface area contributed by atoms with Gasteiger partial charge in [-0.25, -0.2) is 13.1 Å². The second-order valence-corrected chi connectivity index (χ2v) is 5.05. The lowest BCUT2D eigenvalue weighted by atomic mass is 10.8. The molecule has 0 saturated heterocycles. The van der Waals surface area contributed by atoms with Crippen molar-refractivity contribution >= 4 is 15.8 Å². The molecule has 1 aromatic heterocycles. The molecular weight excluding hydrogens is 192 g/mol. The van der Waals surface area contributed by atoms with Gasteiger partial charge in [-0.2, -0.15) is 0 Å². The van der Waals surface area contributed by atoms with Gasteiger partial charge in [0.2, 0.25) is 10.0 Å². The lowest BCUT2D eigenvalue weighted by molar-refractivity contribution is 0.599. The monoisotopic (exact) mass is 202 g/mol. The number of hydrogen-bond donors (Lipinski definition) is 1. The Balaban J connectivity index is 2.18. The van der Waals surface area contributed by atoms with Crippen LogP contribution in [0.4, 0.5) is 5.82 Å². The van der Waals surface area contributed by atoms with Crippen molar-refractivity contribution in [1.82, 2.24) is 15.0 Å². The van der Waals surface area contributed by atoms with Gasteiger partial charge >= 0.3 is 0 Å². The van der Waals surface area contributed by atoms with Crippen molar-refractivity contribution in [3.05, 3.63) is 6.20 Å². The Bertz CT molecular complexity index is 406. The van der Waals surface area contributed by atoms with Gasteiger partial charge in [0.15, 0.2) is 5.82 Å². The molecule has 1 heterocycles. The molecule has 1 N–H and O–H groups in total. The van der Waals surface area contributed by atoms with Gasteiger partial charge in [0.1, 0.15) is 0 Å². The van der Waals surface area contributed by atoms with Gasteiger partial charge in [-0.1, -0.05) is 5.21 Å². The third-order valence-corrected chi connectivity index (χ3v) is 3.77. The van der Waals surface area contributed by atoms with E-state index in [1.54, 1.807) is 7.05 Å². The Morgan fingerprint density at radius 2 is 2.31 bits per heavy atom. The maximum atomic E-state index is 11.4. The fraction of sp³-hybridized carbons (Fsp3) is 0.667. The summed E-state index contributed by atoms with van der Waals surface area (Å²) in [5, 5.41) is 6.97. The van der Waals surface area contributed by atoms with E-state index in [0.717, 1.165) is 12.8 Å². The van der Waals surface area contributed by atoms with Crippen LogP contribution in [0.1, 0.15) is 12.8 Å². The second-order valence-electron chi connectivity index (χ2n) is 3.09. The Hall–Kier alpha value is -1.11. The summed E-state index contributed by atoms with van der Waals surface area (Å²) in [5.74, 6) is 0.409. The Morgan fingerprint density at radius 3 is 2.77 bits per heavy atom. The van der Waals surface area contributed by atoms with E-state index in [1.165, 1.54) is 10.9 Å². The van der Waals surface area contributed by atoms with Gasteiger partial charge in [-0.3, -0.25) is 4.72 Å². The SMILES string of the molecule is Cn1nncc1NS(=O)(=O)C1CC1. The van der Waals surface area contributed by atoms with E-state index in [1.807, 2.05) is 0 Å². The molecule has 0 atom stereocenters. The number of sulfonamides is 1. The summed E-state index contributed by atoms with van der Waals surface area (Å²) in [4.78, 5) is 0. The van der Waals surface area contributed by atoms with E-state index in [4.69, 9.17) is 0 Å². The fourth-order valence-corrected chi connectivity index (χ4v) is 2.39. The molecule has 1 saturated carbocycles. The average Bonchev–Trinajstić information content (AvgIpc) is 2.80. The Kier molecular flexibility index (Phi) is 1.76. The molecule has 0 unspecified atom stereocenters. The molecule has 72 valence electrons. The van der Waals surface area contributed by atoms with Gasteiger partial charge in [0.05, 0.1) is 11.4 Å². The van der Waals surface area contributed by atoms with Crippen molar-refractivity contribution in [1.29, 1.82) is 0 Å². The molecule has 1 aromatic rings. The van der Waals surface area contributed by atoms with Crippen LogP contribution in [0.15, 0.2) is 6.20 Å². The molecule has 0 amide bonds. The lowest BCUT2D eigenvalue weighted by Crippen LogP contribution is -2.19. The van der Waals surface area contributed by atoms with E-state index < -0.39 is 10.0 Å². The highest BCUT2D eigenvalue weighted by Gasteiger charge is 2.36. The molecule has 7 heteroatoms. The molecule has 0 radical (unpaired) electrons. The number of nitrogens with one attached hydrogen (secondary N) is 1. The molecule has 13 heavy (non-hydrogen) atoms. The summed E-state index contributed by atoms with van der Waals surface area (Å²) in [5.41, 5.74) is 0. The molecule has 6 nitrogen and oxygen atoms in total. The Labute approximate surface area is 76.0 Å². The van der Waals surface area contributed by atoms with Crippen LogP contribution in [-0.4, -0.2) is 28.7 Å². The number of aryl methyl sites for hydroxylation is 1. The maximum Gasteiger partial charge on any atom is 0.236 e. The van der Waals surface area contributed by atoms with E-state index in [0.29, 0.717) is 5.82 Å². The standard InChI is InChI=1S/C6H10N4O2S/c1-10-6(4-7-9-10)8-13(11,12)5-2-3-5/h4-5,8H,2-3H2,1H3. The average molecular weight is 202 g/mol. The zero-order valence-electron chi connectivity index (χ0n) is 7.14. The smallest absolute Gasteiger partial charge is 0.236 e. The van der Waals surface area contributed by atoms with Crippen molar-refractivity contribution in [2.24, 2.45) is 7.05 Å². The van der Waals surface area contributed by atoms with Gasteiger partial charge in [-0.05, 0) is 12.8 Å². The molecule has 1 fully saturated rings. The van der Waals surface area contributed by atoms with Gasteiger partial charge in [0, 0.05) is 7.05 Å². The fourth-order valence-electron chi connectivity index (χ4n) is 0.990. The van der Waals surface area contributed by atoms with Crippen molar-refractivity contribution in [3.63, 3.8) is 0 Å². The highest BCUT2D eigenvalue weighted by atomic mass is 32.2. The number of aromatic nitrogens is 3. The van der Waals surface area contributed by atoms with Gasteiger partial charge in [0.25, 0.3) is 0 Å². The van der Waals surface area contributed by atoms with Crippen molar-refractivity contribution in [2.45, 2.75) is 18.1 Å². The van der Waals surface area contributed by atoms with Crippen LogP contribution in [-0.2, 0) is 17.1 Å². The summed E-state index contributed by atoms with van der Waals surface area (Å²) in [7, 11) is -1.55. The third kappa shape index (κ3) is 1.64. The van der Waals surface area contributed by atoms with Crippen molar-refractivity contribution < 1.29 is 8.42 Å². The summed E-state index contributed by atoms with van der Waals surface area (Å²) in [6.45, 7) is 0. The van der Waals surface area contributed by atoms with Crippen molar-refractivity contribution in [2.75, 3.05) is 4.72 Å². The third-order valence-electron chi connectivity index (χ3n) is 1.92. The number of anilines is 1. The molecule has 1 aliphatic carbocycles. The van der Waals surface area contributed by atoms with Crippen LogP contribution >= 0.6 is 0 Å². The lowest BCUT2D eigenvalue weighted by Gasteiger charge is -2.04. The largest absolute Gasteiger partial charge is 0.266 e. The Morgan fingerprint density at radius 1 is 1.62 bits per heavy atom. The number of hydrogen-bond acceptors (Lipinski definition) is 4. The molecule has 1 aliphatic rings. The predicted octanol–water partition coefficient (Wildman–Crippen LogP) is -0.281. The zero-order valence-corrected chi connectivity index (χ0v) is 7.95. The number of nitrogens with zero attached hydrogens (tertiary/aromatic N) is 3. The van der Waals surface area contributed by atoms with Crippen LogP contribution in [0.3, 0.4) is 0 Å². The van der Waals surface area contributed by atoms with E-state index in [2.05, 4.69) is 15.0 Å². The highest BCUT2D eigenvalue weighted by molar-refractivity contribution is 7.93. The van der Waals surface area contributed by atoms with Crippen LogP contribution in [0, 0.1) is 0 Å². The zero-order chi connectivity index (χ0) is 9.47. The highest BCUT2D eigenvalue weighted by Crippen LogP contribution is 2.29. The molecule has 0 aromatic carbocycles. The van der Waals surface area contributed by atoms with Crippen LogP contribution in [0.5, 0.6) is 0 Å². The first-order valence-corrected chi connectivity index (χ1v) is 5.50. The minimum Gasteiger partial charge on any atom is -0.266 e. The molecule has 0 aliphatic heterocycles. The maximum absolute atomic E-state index is 11.4. The normalized spacial score (nSPS) is 17.3. The summed E-state index contributed by atoms with van der Waals surface area (Å²) in [6, 6.07) is 0. The van der Waals surface area contributed by atoms with Gasteiger partial charge < -0.3 is 0 Å². The molecule has 0 spiro atoms. The van der Waals surface area contributed by atoms with Gasteiger partial charge in [-0.15, -0.1) is 5.10 Å². The van der Waals surface area contributed by atoms with Crippen LogP contribution < -0.4 is 4.72 Å². The van der Waals surface area contributed by atoms with Crippen LogP contribution in [0.25, 0.3) is 0 Å². The number of rotatable bonds is 3. The second kappa shape index (κ2) is 2.69. The molecule has 0 bridgehead atoms.